The molecule has 3 heterocycles. The summed E-state index contributed by atoms with van der Waals surface area (Å²) >= 11 is 0. The first-order chi connectivity index (χ1) is 19.9. The molecule has 4 aliphatic rings. The smallest absolute Gasteiger partial charge is 0.475 e. The molecular weight excluding hydrogens is 610 g/mol. The van der Waals surface area contributed by atoms with Gasteiger partial charge in [-0.3, -0.25) is 9.30 Å². The van der Waals surface area contributed by atoms with Gasteiger partial charge in [-0.05, 0) is 43.9 Å². The van der Waals surface area contributed by atoms with Crippen LogP contribution in [-0.2, 0) is 25.7 Å². The minimum atomic E-state index is -5.08. The van der Waals surface area contributed by atoms with Crippen molar-refractivity contribution < 1.29 is 49.4 Å². The number of aryl methyl sites for hydroxylation is 1. The largest absolute Gasteiger partial charge is 0.490 e. The number of hydrogen-bond donors (Lipinski definition) is 3. The molecule has 1 aromatic carbocycles. The number of hydrogen-bond acceptors (Lipinski definition) is 8. The topological polar surface area (TPSA) is 152 Å². The number of morpholine rings is 1. The fraction of sp³-hybridized carbons (Fsp3) is 0.480. The Bertz CT molecular complexity index is 1660. The van der Waals surface area contributed by atoms with Crippen molar-refractivity contribution in [2.24, 2.45) is 0 Å². The predicted molar refractivity (Wildman–Crippen MR) is 138 cm³/mol. The highest BCUT2D eigenvalue weighted by molar-refractivity contribution is 7.89. The lowest BCUT2D eigenvalue weighted by Crippen LogP contribution is -2.84. The summed E-state index contributed by atoms with van der Waals surface area (Å²) in [4.78, 5) is 18.9. The Labute approximate surface area is 240 Å². The van der Waals surface area contributed by atoms with E-state index in [1.54, 1.807) is 13.0 Å². The second-order valence-electron chi connectivity index (χ2n) is 10.9. The van der Waals surface area contributed by atoms with Crippen LogP contribution in [0.2, 0.25) is 0 Å². The summed E-state index contributed by atoms with van der Waals surface area (Å²) in [5.74, 6) is -3.12. The third kappa shape index (κ3) is 5.75. The van der Waals surface area contributed by atoms with Gasteiger partial charge in [0.1, 0.15) is 0 Å². The monoisotopic (exact) mass is 636 g/mol. The van der Waals surface area contributed by atoms with Gasteiger partial charge in [0.05, 0.1) is 30.0 Å². The highest BCUT2D eigenvalue weighted by Gasteiger charge is 2.71. The van der Waals surface area contributed by atoms with Gasteiger partial charge < -0.3 is 15.6 Å². The molecule has 0 spiro atoms. The lowest BCUT2D eigenvalue weighted by Gasteiger charge is -2.74. The van der Waals surface area contributed by atoms with Crippen molar-refractivity contribution in [1.82, 2.24) is 24.0 Å². The predicted octanol–water partition coefficient (Wildman–Crippen LogP) is 3.22. The van der Waals surface area contributed by atoms with Gasteiger partial charge in [0.25, 0.3) is 0 Å². The minimum absolute atomic E-state index is 0.0428. The molecule has 1 saturated heterocycles. The molecule has 7 rings (SSSR count). The molecule has 0 amide bonds. The number of nitrogens with one attached hydrogen (secondary N) is 1. The van der Waals surface area contributed by atoms with Crippen molar-refractivity contribution in [1.29, 1.82) is 0 Å². The number of aromatic nitrogens is 3. The number of anilines is 1. The number of nitrogens with two attached hydrogens (primary N) is 1. The first-order valence-corrected chi connectivity index (χ1v) is 14.3. The molecule has 3 aliphatic carbocycles. The molecule has 234 valence electrons. The van der Waals surface area contributed by atoms with E-state index in [0.29, 0.717) is 24.3 Å². The zero-order valence-corrected chi connectivity index (χ0v) is 23.3. The SMILES string of the molecule is Cc1ccc(S(=O)(=O)NC23CC(N4CCOCC4)(C2)C3)cc1-c1cnc2c(N)nc(C(F)(F)F)cn12.O=C(O)C(F)(F)F. The Hall–Kier alpha value is -3.48. The number of carboxylic acid groups (broad SMARTS) is 1. The van der Waals surface area contributed by atoms with E-state index in [-0.39, 0.29) is 27.6 Å². The molecule has 2 bridgehead atoms. The minimum Gasteiger partial charge on any atom is -0.475 e. The molecule has 3 aromatic rings. The highest BCUT2D eigenvalue weighted by atomic mass is 32.2. The van der Waals surface area contributed by atoms with Crippen molar-refractivity contribution in [2.45, 2.75) is 54.5 Å². The van der Waals surface area contributed by atoms with Crippen molar-refractivity contribution in [2.75, 3.05) is 32.0 Å². The van der Waals surface area contributed by atoms with Gasteiger partial charge in [0.2, 0.25) is 10.0 Å². The van der Waals surface area contributed by atoms with Crippen molar-refractivity contribution in [3.05, 3.63) is 41.9 Å². The third-order valence-corrected chi connectivity index (χ3v) is 9.46. The number of sulfonamides is 1. The van der Waals surface area contributed by atoms with Crippen LogP contribution < -0.4 is 10.5 Å². The van der Waals surface area contributed by atoms with Crippen LogP contribution in [0.15, 0.2) is 35.5 Å². The number of halogens is 6. The second kappa shape index (κ2) is 10.3. The maximum atomic E-state index is 13.3. The normalized spacial score (nSPS) is 24.1. The van der Waals surface area contributed by atoms with Gasteiger partial charge in [-0.25, -0.2) is 27.9 Å². The Morgan fingerprint density at radius 1 is 1.12 bits per heavy atom. The van der Waals surface area contributed by atoms with Gasteiger partial charge in [0.15, 0.2) is 17.2 Å². The summed E-state index contributed by atoms with van der Waals surface area (Å²) < 4.78 is 108. The van der Waals surface area contributed by atoms with Crippen LogP contribution in [-0.4, -0.2) is 82.3 Å². The Balaban J connectivity index is 0.000000472. The summed E-state index contributed by atoms with van der Waals surface area (Å²) in [5.41, 5.74) is 5.64. The molecule has 11 nitrogen and oxygen atoms in total. The molecule has 4 N–H and O–H groups in total. The van der Waals surface area contributed by atoms with Crippen LogP contribution in [0.1, 0.15) is 30.5 Å². The van der Waals surface area contributed by atoms with E-state index in [2.05, 4.69) is 19.6 Å². The summed E-state index contributed by atoms with van der Waals surface area (Å²) in [6.07, 6.45) is -5.31. The quantitative estimate of drug-likeness (QED) is 0.359. The van der Waals surface area contributed by atoms with Crippen molar-refractivity contribution >= 4 is 27.5 Å². The number of benzene rings is 1. The summed E-state index contributed by atoms with van der Waals surface area (Å²) in [7, 11) is -3.86. The Morgan fingerprint density at radius 3 is 2.28 bits per heavy atom. The second-order valence-corrected chi connectivity index (χ2v) is 12.5. The number of carboxylic acids is 1. The van der Waals surface area contributed by atoms with E-state index in [4.69, 9.17) is 20.4 Å². The first-order valence-electron chi connectivity index (χ1n) is 12.8. The van der Waals surface area contributed by atoms with Gasteiger partial charge in [-0.2, -0.15) is 26.3 Å². The van der Waals surface area contributed by atoms with Crippen LogP contribution in [0.25, 0.3) is 16.9 Å². The summed E-state index contributed by atoms with van der Waals surface area (Å²) in [5, 5.41) is 7.12. The summed E-state index contributed by atoms with van der Waals surface area (Å²) in [6.45, 7) is 4.87. The number of ether oxygens (including phenoxy) is 1. The fourth-order valence-corrected chi connectivity index (χ4v) is 7.38. The number of carbonyl (C=O) groups is 1. The zero-order chi connectivity index (χ0) is 31.6. The van der Waals surface area contributed by atoms with Gasteiger partial charge >= 0.3 is 18.3 Å². The van der Waals surface area contributed by atoms with E-state index in [1.807, 2.05) is 0 Å². The molecule has 3 saturated carbocycles. The van der Waals surface area contributed by atoms with E-state index < -0.39 is 39.6 Å². The third-order valence-electron chi connectivity index (χ3n) is 7.88. The first kappa shape index (κ1) is 31.0. The molecule has 2 aromatic heterocycles. The molecule has 18 heteroatoms. The molecule has 4 fully saturated rings. The molecule has 0 atom stereocenters. The Morgan fingerprint density at radius 2 is 1.72 bits per heavy atom. The molecular formula is C25H26F6N6O5S. The standard InChI is InChI=1S/C23H25F3N6O3S.C2HF3O2/c1-14-2-3-15(36(33,34)30-21-11-22(12-21,13-21)31-4-6-35-7-5-31)8-16(14)17-9-28-20-19(27)29-18(10-32(17)20)23(24,25)26;3-2(4,5)1(6)7/h2-3,8-10,30H,4-7,11-13H2,1H3,(H2,27,29);(H,6,7). The molecule has 0 radical (unpaired) electrons. The number of aliphatic carboxylic acids is 1. The van der Waals surface area contributed by atoms with Gasteiger partial charge in [-0.1, -0.05) is 6.07 Å². The van der Waals surface area contributed by atoms with E-state index in [0.717, 1.165) is 38.5 Å². The van der Waals surface area contributed by atoms with Crippen LogP contribution in [0.3, 0.4) is 0 Å². The van der Waals surface area contributed by atoms with Crippen LogP contribution in [0.4, 0.5) is 32.2 Å². The molecule has 0 unspecified atom stereocenters. The number of nitrogen functional groups attached to an aromatic ring is 1. The number of fused-ring (bicyclic) bond motifs is 1. The Kier molecular flexibility index (Phi) is 7.42. The average Bonchev–Trinajstić information content (AvgIpc) is 3.30. The lowest BCUT2D eigenvalue weighted by atomic mass is 9.44. The lowest BCUT2D eigenvalue weighted by molar-refractivity contribution is -0.192. The number of alkyl halides is 6. The van der Waals surface area contributed by atoms with E-state index in [1.165, 1.54) is 22.7 Å². The maximum Gasteiger partial charge on any atom is 0.490 e. The van der Waals surface area contributed by atoms with E-state index in [9.17, 15) is 34.8 Å². The van der Waals surface area contributed by atoms with Gasteiger partial charge in [-0.15, -0.1) is 0 Å². The van der Waals surface area contributed by atoms with E-state index >= 15 is 0 Å². The fourth-order valence-electron chi connectivity index (χ4n) is 5.95. The van der Waals surface area contributed by atoms with Crippen molar-refractivity contribution in [3.63, 3.8) is 0 Å². The summed E-state index contributed by atoms with van der Waals surface area (Å²) in [6, 6.07) is 4.61. The maximum absolute atomic E-state index is 13.3. The highest BCUT2D eigenvalue weighted by Crippen LogP contribution is 2.64. The number of imidazole rings is 1. The van der Waals surface area contributed by atoms with Crippen LogP contribution in [0.5, 0.6) is 0 Å². The number of nitrogens with zero attached hydrogens (tertiary/aromatic N) is 4. The molecule has 1 aliphatic heterocycles. The molecule has 43 heavy (non-hydrogen) atoms. The average molecular weight is 637 g/mol. The zero-order valence-electron chi connectivity index (χ0n) is 22.5. The van der Waals surface area contributed by atoms with Crippen molar-refractivity contribution in [3.8, 4) is 11.3 Å². The number of rotatable bonds is 5. The van der Waals surface area contributed by atoms with Crippen LogP contribution >= 0.6 is 0 Å². The van der Waals surface area contributed by atoms with Crippen LogP contribution in [0, 0.1) is 6.92 Å². The van der Waals surface area contributed by atoms with Gasteiger partial charge in [0, 0.05) is 35.9 Å².